The fourth-order valence-electron chi connectivity index (χ4n) is 0.709. The van der Waals surface area contributed by atoms with Gasteiger partial charge in [-0.3, -0.25) is 5.41 Å². The number of hydrogen-bond donors (Lipinski definition) is 2. The van der Waals surface area contributed by atoms with Gasteiger partial charge in [0.1, 0.15) is 5.84 Å². The molecule has 66 valence electrons. The summed E-state index contributed by atoms with van der Waals surface area (Å²) in [5, 5.41) is 8.07. The Morgan fingerprint density at radius 3 is 1.92 bits per heavy atom. The third-order valence-corrected chi connectivity index (χ3v) is 1.61. The molecular formula is C7H6Cl3N2-. The maximum atomic E-state index is 7.09. The van der Waals surface area contributed by atoms with E-state index in [4.69, 9.17) is 34.3 Å². The molecule has 0 spiro atoms. The van der Waals surface area contributed by atoms with Crippen LogP contribution in [0.1, 0.15) is 5.56 Å². The highest BCUT2D eigenvalue weighted by Gasteiger charge is 1.99. The van der Waals surface area contributed by atoms with Crippen LogP contribution in [-0.4, -0.2) is 5.84 Å². The van der Waals surface area contributed by atoms with Gasteiger partial charge in [0, 0.05) is 15.6 Å². The number of nitrogen functional groups attached to an aromatic ring is 1. The molecule has 0 atom stereocenters. The summed E-state index contributed by atoms with van der Waals surface area (Å²) in [5.74, 6) is -0.0330. The van der Waals surface area contributed by atoms with Crippen molar-refractivity contribution >= 4 is 29.0 Å². The Morgan fingerprint density at radius 1 is 1.17 bits per heavy atom. The summed E-state index contributed by atoms with van der Waals surface area (Å²) in [5.41, 5.74) is 5.76. The van der Waals surface area contributed by atoms with E-state index in [2.05, 4.69) is 0 Å². The van der Waals surface area contributed by atoms with E-state index in [-0.39, 0.29) is 18.2 Å². The van der Waals surface area contributed by atoms with Crippen molar-refractivity contribution in [3.63, 3.8) is 0 Å². The van der Waals surface area contributed by atoms with Crippen LogP contribution in [-0.2, 0) is 0 Å². The average Bonchev–Trinajstić information content (AvgIpc) is 1.85. The molecule has 3 N–H and O–H groups in total. The zero-order chi connectivity index (χ0) is 8.43. The Labute approximate surface area is 86.6 Å². The highest BCUT2D eigenvalue weighted by atomic mass is 35.5. The molecule has 0 saturated heterocycles. The zero-order valence-electron chi connectivity index (χ0n) is 5.94. The number of hydrogen-bond acceptors (Lipinski definition) is 1. The number of rotatable bonds is 1. The Balaban J connectivity index is 0.00000121. The van der Waals surface area contributed by atoms with Gasteiger partial charge >= 0.3 is 0 Å². The first-order valence-electron chi connectivity index (χ1n) is 2.90. The molecule has 0 aliphatic carbocycles. The summed E-state index contributed by atoms with van der Waals surface area (Å²) < 4.78 is 0. The molecule has 0 fully saturated rings. The Kier molecular flexibility index (Phi) is 4.39. The molecule has 1 aromatic rings. The average molecular weight is 224 g/mol. The lowest BCUT2D eigenvalue weighted by atomic mass is 10.2. The van der Waals surface area contributed by atoms with E-state index in [0.29, 0.717) is 15.6 Å². The third-order valence-electron chi connectivity index (χ3n) is 1.17. The molecular weight excluding hydrogens is 218 g/mol. The molecule has 12 heavy (non-hydrogen) atoms. The minimum absolute atomic E-state index is 0. The second-order valence-corrected chi connectivity index (χ2v) is 2.94. The van der Waals surface area contributed by atoms with Crippen LogP contribution in [0.2, 0.25) is 10.0 Å². The molecule has 0 heterocycles. The van der Waals surface area contributed by atoms with Gasteiger partial charge in [-0.15, -0.1) is 0 Å². The fraction of sp³-hybridized carbons (Fsp3) is 0. The lowest BCUT2D eigenvalue weighted by molar-refractivity contribution is -0.00000243. The predicted molar refractivity (Wildman–Crippen MR) is 47.5 cm³/mol. The van der Waals surface area contributed by atoms with Crippen LogP contribution in [0.15, 0.2) is 18.2 Å². The van der Waals surface area contributed by atoms with E-state index in [1.165, 1.54) is 0 Å². The SMILES string of the molecule is N=C(N)c1cc(Cl)cc(Cl)c1.[Cl-]. The van der Waals surface area contributed by atoms with Crippen molar-refractivity contribution in [2.45, 2.75) is 0 Å². The van der Waals surface area contributed by atoms with E-state index in [9.17, 15) is 0 Å². The predicted octanol–water partition coefficient (Wildman–Crippen LogP) is -0.719. The summed E-state index contributed by atoms with van der Waals surface area (Å²) in [7, 11) is 0. The van der Waals surface area contributed by atoms with Gasteiger partial charge in [-0.25, -0.2) is 0 Å². The van der Waals surface area contributed by atoms with Crippen LogP contribution in [0.25, 0.3) is 0 Å². The van der Waals surface area contributed by atoms with Crippen molar-refractivity contribution in [1.29, 1.82) is 5.41 Å². The summed E-state index contributed by atoms with van der Waals surface area (Å²) in [6.45, 7) is 0. The highest BCUT2D eigenvalue weighted by molar-refractivity contribution is 6.35. The molecule has 5 heteroatoms. The van der Waals surface area contributed by atoms with Crippen LogP contribution in [0.5, 0.6) is 0 Å². The van der Waals surface area contributed by atoms with Gasteiger partial charge in [0.2, 0.25) is 0 Å². The number of nitrogens with two attached hydrogens (primary N) is 1. The van der Waals surface area contributed by atoms with Crippen molar-refractivity contribution in [3.8, 4) is 0 Å². The normalized spacial score (nSPS) is 8.83. The van der Waals surface area contributed by atoms with Crippen molar-refractivity contribution in [1.82, 2.24) is 0 Å². The topological polar surface area (TPSA) is 49.9 Å². The largest absolute Gasteiger partial charge is 1.00 e. The van der Waals surface area contributed by atoms with Crippen LogP contribution < -0.4 is 18.1 Å². The molecule has 0 aliphatic rings. The van der Waals surface area contributed by atoms with E-state index >= 15 is 0 Å². The minimum Gasteiger partial charge on any atom is -1.00 e. The van der Waals surface area contributed by atoms with Gasteiger partial charge in [-0.2, -0.15) is 0 Å². The van der Waals surface area contributed by atoms with Crippen molar-refractivity contribution in [3.05, 3.63) is 33.8 Å². The van der Waals surface area contributed by atoms with Gasteiger partial charge in [0.25, 0.3) is 0 Å². The molecule has 0 saturated carbocycles. The molecule has 0 bridgehead atoms. The Bertz CT molecular complexity index is 278. The molecule has 0 unspecified atom stereocenters. The van der Waals surface area contributed by atoms with Gasteiger partial charge in [0.15, 0.2) is 0 Å². The number of halogens is 3. The zero-order valence-corrected chi connectivity index (χ0v) is 8.21. The Hall–Kier alpha value is -0.440. The van der Waals surface area contributed by atoms with Crippen LogP contribution in [0.3, 0.4) is 0 Å². The fourth-order valence-corrected chi connectivity index (χ4v) is 1.24. The number of nitrogens with one attached hydrogen (secondary N) is 1. The first-order valence-corrected chi connectivity index (χ1v) is 3.65. The summed E-state index contributed by atoms with van der Waals surface area (Å²) >= 11 is 11.3. The molecule has 0 radical (unpaired) electrons. The first-order chi connectivity index (χ1) is 5.09. The summed E-state index contributed by atoms with van der Waals surface area (Å²) in [4.78, 5) is 0. The van der Waals surface area contributed by atoms with E-state index in [0.717, 1.165) is 0 Å². The summed E-state index contributed by atoms with van der Waals surface area (Å²) in [6, 6.07) is 4.78. The van der Waals surface area contributed by atoms with Gasteiger partial charge in [-0.05, 0) is 18.2 Å². The number of benzene rings is 1. The van der Waals surface area contributed by atoms with Gasteiger partial charge in [-0.1, -0.05) is 23.2 Å². The third kappa shape index (κ3) is 2.89. The van der Waals surface area contributed by atoms with Crippen molar-refractivity contribution in [2.75, 3.05) is 0 Å². The van der Waals surface area contributed by atoms with Crippen LogP contribution in [0, 0.1) is 5.41 Å². The minimum atomic E-state index is -0.0330. The second-order valence-electron chi connectivity index (χ2n) is 2.07. The smallest absolute Gasteiger partial charge is 0.122 e. The molecule has 1 rings (SSSR count). The van der Waals surface area contributed by atoms with E-state index in [1.807, 2.05) is 0 Å². The van der Waals surface area contributed by atoms with Crippen LogP contribution >= 0.6 is 23.2 Å². The van der Waals surface area contributed by atoms with Gasteiger partial charge < -0.3 is 18.1 Å². The van der Waals surface area contributed by atoms with Crippen LogP contribution in [0.4, 0.5) is 0 Å². The quantitative estimate of drug-likeness (QED) is 0.480. The first kappa shape index (κ1) is 11.6. The highest BCUT2D eigenvalue weighted by Crippen LogP contribution is 2.18. The Morgan fingerprint density at radius 2 is 1.58 bits per heavy atom. The van der Waals surface area contributed by atoms with Gasteiger partial charge in [0.05, 0.1) is 0 Å². The molecule has 1 aromatic carbocycles. The lowest BCUT2D eigenvalue weighted by Crippen LogP contribution is -3.00. The van der Waals surface area contributed by atoms with Crippen molar-refractivity contribution < 1.29 is 12.4 Å². The molecule has 2 nitrogen and oxygen atoms in total. The molecule has 0 aromatic heterocycles. The standard InChI is InChI=1S/C7H6Cl2N2.ClH/c8-5-1-4(7(10)11)2-6(9)3-5;/h1-3H,(H3,10,11);1H/p-1. The van der Waals surface area contributed by atoms with E-state index in [1.54, 1.807) is 18.2 Å². The second kappa shape index (κ2) is 4.55. The van der Waals surface area contributed by atoms with E-state index < -0.39 is 0 Å². The maximum absolute atomic E-state index is 7.09. The summed E-state index contributed by atoms with van der Waals surface area (Å²) in [6.07, 6.45) is 0. The molecule has 0 amide bonds. The lowest BCUT2D eigenvalue weighted by Gasteiger charge is -1.98. The monoisotopic (exact) mass is 223 g/mol. The maximum Gasteiger partial charge on any atom is 0.122 e. The molecule has 0 aliphatic heterocycles. The number of amidine groups is 1. The van der Waals surface area contributed by atoms with Crippen molar-refractivity contribution in [2.24, 2.45) is 5.73 Å².